The van der Waals surface area contributed by atoms with Crippen molar-refractivity contribution in [1.82, 2.24) is 9.78 Å². The highest BCUT2D eigenvalue weighted by Crippen LogP contribution is 2.30. The van der Waals surface area contributed by atoms with Crippen molar-refractivity contribution in [2.24, 2.45) is 0 Å². The fourth-order valence-electron chi connectivity index (χ4n) is 2.16. The molecule has 3 aromatic rings. The minimum absolute atomic E-state index is 0.0685. The average Bonchev–Trinajstić information content (AvgIpc) is 3.17. The van der Waals surface area contributed by atoms with Gasteiger partial charge in [0.15, 0.2) is 0 Å². The summed E-state index contributed by atoms with van der Waals surface area (Å²) in [5.41, 5.74) is 1.54. The molecule has 0 bridgehead atoms. The van der Waals surface area contributed by atoms with Gasteiger partial charge in [-0.25, -0.2) is 12.8 Å². The number of aromatic nitrogens is 2. The highest BCUT2D eigenvalue weighted by Gasteiger charge is 2.19. The SMILES string of the molecule is CCn1nccc1-c1csc(S(=O)(=O)Nc2ccccc2F)c1. The maximum atomic E-state index is 13.6. The van der Waals surface area contributed by atoms with Crippen LogP contribution in [-0.4, -0.2) is 18.2 Å². The Kier molecular flexibility index (Phi) is 4.18. The minimum atomic E-state index is -3.83. The summed E-state index contributed by atoms with van der Waals surface area (Å²) in [7, 11) is -3.83. The second kappa shape index (κ2) is 6.13. The van der Waals surface area contributed by atoms with Crippen molar-refractivity contribution in [2.75, 3.05) is 4.72 Å². The summed E-state index contributed by atoms with van der Waals surface area (Å²) in [5.74, 6) is -0.614. The highest BCUT2D eigenvalue weighted by molar-refractivity contribution is 7.94. The molecule has 120 valence electrons. The monoisotopic (exact) mass is 351 g/mol. The van der Waals surface area contributed by atoms with Gasteiger partial charge in [0.2, 0.25) is 0 Å². The first kappa shape index (κ1) is 15.7. The molecular weight excluding hydrogens is 337 g/mol. The second-order valence-corrected chi connectivity index (χ2v) is 7.59. The molecule has 0 fully saturated rings. The first-order chi connectivity index (χ1) is 11.0. The van der Waals surface area contributed by atoms with Crippen LogP contribution >= 0.6 is 11.3 Å². The van der Waals surface area contributed by atoms with Gasteiger partial charge in [0, 0.05) is 23.7 Å². The number of thiophene rings is 1. The number of hydrogen-bond acceptors (Lipinski definition) is 4. The lowest BCUT2D eigenvalue weighted by atomic mass is 10.2. The Bertz CT molecular complexity index is 932. The number of nitrogens with zero attached hydrogens (tertiary/aromatic N) is 2. The van der Waals surface area contributed by atoms with Gasteiger partial charge >= 0.3 is 0 Å². The van der Waals surface area contributed by atoms with Crippen molar-refractivity contribution < 1.29 is 12.8 Å². The first-order valence-electron chi connectivity index (χ1n) is 6.89. The quantitative estimate of drug-likeness (QED) is 0.764. The van der Waals surface area contributed by atoms with E-state index in [9.17, 15) is 12.8 Å². The van der Waals surface area contributed by atoms with Gasteiger partial charge in [0.05, 0.1) is 11.4 Å². The summed E-state index contributed by atoms with van der Waals surface area (Å²) in [4.78, 5) is 0. The number of nitrogens with one attached hydrogen (secondary N) is 1. The van der Waals surface area contributed by atoms with Gasteiger partial charge in [-0.05, 0) is 31.2 Å². The van der Waals surface area contributed by atoms with E-state index in [2.05, 4.69) is 9.82 Å². The zero-order chi connectivity index (χ0) is 16.4. The van der Waals surface area contributed by atoms with Crippen LogP contribution in [0.3, 0.4) is 0 Å². The molecule has 0 saturated carbocycles. The first-order valence-corrected chi connectivity index (χ1v) is 9.25. The number of benzene rings is 1. The maximum absolute atomic E-state index is 13.6. The molecule has 0 saturated heterocycles. The lowest BCUT2D eigenvalue weighted by Gasteiger charge is -2.06. The molecular formula is C15H14FN3O2S2. The van der Waals surface area contributed by atoms with Crippen molar-refractivity contribution in [1.29, 1.82) is 0 Å². The molecule has 2 heterocycles. The Morgan fingerprint density at radius 2 is 2.09 bits per heavy atom. The zero-order valence-electron chi connectivity index (χ0n) is 12.2. The standard InChI is InChI=1S/C15H14FN3O2S2/c1-2-19-14(7-8-17-19)11-9-15(22-10-11)23(20,21)18-13-6-4-3-5-12(13)16/h3-10,18H,2H2,1H3. The van der Waals surface area contributed by atoms with E-state index in [1.54, 1.807) is 28.4 Å². The van der Waals surface area contributed by atoms with E-state index >= 15 is 0 Å². The molecule has 8 heteroatoms. The van der Waals surface area contributed by atoms with E-state index in [0.717, 1.165) is 22.6 Å². The summed E-state index contributed by atoms with van der Waals surface area (Å²) < 4.78 is 42.6. The van der Waals surface area contributed by atoms with E-state index < -0.39 is 15.8 Å². The average molecular weight is 351 g/mol. The Balaban J connectivity index is 1.92. The third kappa shape index (κ3) is 3.13. The molecule has 3 rings (SSSR count). The molecule has 0 spiro atoms. The van der Waals surface area contributed by atoms with Gasteiger partial charge in [-0.2, -0.15) is 5.10 Å². The van der Waals surface area contributed by atoms with E-state index in [1.165, 1.54) is 18.2 Å². The van der Waals surface area contributed by atoms with Gasteiger partial charge < -0.3 is 0 Å². The van der Waals surface area contributed by atoms with Gasteiger partial charge in [-0.15, -0.1) is 11.3 Å². The van der Waals surface area contributed by atoms with Gasteiger partial charge in [-0.1, -0.05) is 12.1 Å². The molecule has 0 radical (unpaired) electrons. The molecule has 1 N–H and O–H groups in total. The summed E-state index contributed by atoms with van der Waals surface area (Å²) in [6, 6.07) is 9.05. The Labute approximate surface area is 137 Å². The van der Waals surface area contributed by atoms with Crippen LogP contribution in [0.5, 0.6) is 0 Å². The predicted molar refractivity (Wildman–Crippen MR) is 88.4 cm³/mol. The van der Waals surface area contributed by atoms with E-state index in [4.69, 9.17) is 0 Å². The normalized spacial score (nSPS) is 11.6. The maximum Gasteiger partial charge on any atom is 0.271 e. The topological polar surface area (TPSA) is 64.0 Å². The summed E-state index contributed by atoms with van der Waals surface area (Å²) in [6.45, 7) is 2.65. The molecule has 0 amide bonds. The lowest BCUT2D eigenvalue weighted by molar-refractivity contribution is 0.600. The molecule has 2 aromatic heterocycles. The van der Waals surface area contributed by atoms with Crippen LogP contribution in [0.1, 0.15) is 6.92 Å². The number of aryl methyl sites for hydroxylation is 1. The number of hydrogen-bond donors (Lipinski definition) is 1. The third-order valence-corrected chi connectivity index (χ3v) is 6.08. The van der Waals surface area contributed by atoms with Crippen LogP contribution in [0.4, 0.5) is 10.1 Å². The number of rotatable bonds is 5. The van der Waals surface area contributed by atoms with Crippen molar-refractivity contribution in [2.45, 2.75) is 17.7 Å². The molecule has 1 aromatic carbocycles. The molecule has 0 atom stereocenters. The smallest absolute Gasteiger partial charge is 0.271 e. The lowest BCUT2D eigenvalue weighted by Crippen LogP contribution is -2.12. The van der Waals surface area contributed by atoms with Crippen LogP contribution in [0.2, 0.25) is 0 Å². The summed E-state index contributed by atoms with van der Waals surface area (Å²) >= 11 is 1.08. The van der Waals surface area contributed by atoms with E-state index in [0.29, 0.717) is 6.54 Å². The fraction of sp³-hybridized carbons (Fsp3) is 0.133. The van der Waals surface area contributed by atoms with Crippen LogP contribution < -0.4 is 4.72 Å². The van der Waals surface area contributed by atoms with Crippen molar-refractivity contribution in [3.63, 3.8) is 0 Å². The van der Waals surface area contributed by atoms with Crippen LogP contribution in [0, 0.1) is 5.82 Å². The number of anilines is 1. The van der Waals surface area contributed by atoms with Crippen LogP contribution in [0.25, 0.3) is 11.3 Å². The summed E-state index contributed by atoms with van der Waals surface area (Å²) in [6.07, 6.45) is 1.67. The van der Waals surface area contributed by atoms with Crippen molar-refractivity contribution >= 4 is 27.0 Å². The van der Waals surface area contributed by atoms with Crippen molar-refractivity contribution in [3.05, 3.63) is 53.8 Å². The van der Waals surface area contributed by atoms with Crippen LogP contribution in [-0.2, 0) is 16.6 Å². The molecule has 0 aliphatic carbocycles. The number of halogens is 1. The van der Waals surface area contributed by atoms with E-state index in [-0.39, 0.29) is 9.90 Å². The molecule has 23 heavy (non-hydrogen) atoms. The number of para-hydroxylation sites is 1. The van der Waals surface area contributed by atoms with Crippen LogP contribution in [0.15, 0.2) is 52.2 Å². The molecule has 5 nitrogen and oxygen atoms in total. The largest absolute Gasteiger partial charge is 0.276 e. The molecule has 0 aliphatic heterocycles. The van der Waals surface area contributed by atoms with Gasteiger partial charge in [-0.3, -0.25) is 9.40 Å². The minimum Gasteiger partial charge on any atom is -0.276 e. The third-order valence-electron chi connectivity index (χ3n) is 3.27. The summed E-state index contributed by atoms with van der Waals surface area (Å²) in [5, 5.41) is 5.92. The van der Waals surface area contributed by atoms with Crippen molar-refractivity contribution in [3.8, 4) is 11.3 Å². The Morgan fingerprint density at radius 3 is 2.83 bits per heavy atom. The zero-order valence-corrected chi connectivity index (χ0v) is 13.9. The highest BCUT2D eigenvalue weighted by atomic mass is 32.2. The fourth-order valence-corrected chi connectivity index (χ4v) is 4.40. The van der Waals surface area contributed by atoms with Gasteiger partial charge in [0.25, 0.3) is 10.0 Å². The van der Waals surface area contributed by atoms with Gasteiger partial charge in [0.1, 0.15) is 10.0 Å². The second-order valence-electron chi connectivity index (χ2n) is 4.77. The Hall–Kier alpha value is -2.19. The predicted octanol–water partition coefficient (Wildman–Crippen LogP) is 3.57. The molecule has 0 aliphatic rings. The van der Waals surface area contributed by atoms with E-state index in [1.807, 2.05) is 13.0 Å². The number of sulfonamides is 1. The molecule has 0 unspecified atom stereocenters. The Morgan fingerprint density at radius 1 is 1.30 bits per heavy atom.